The van der Waals surface area contributed by atoms with Gasteiger partial charge in [0.15, 0.2) is 0 Å². The molecule has 0 fully saturated rings. The number of carbonyl (C=O) groups is 1. The minimum absolute atomic E-state index is 0.0850. The highest BCUT2D eigenvalue weighted by Crippen LogP contribution is 2.15. The van der Waals surface area contributed by atoms with Gasteiger partial charge in [-0.2, -0.15) is 0 Å². The number of phenols is 1. The van der Waals surface area contributed by atoms with Crippen molar-refractivity contribution in [1.82, 2.24) is 0 Å². The van der Waals surface area contributed by atoms with Crippen LogP contribution in [0.3, 0.4) is 0 Å². The van der Waals surface area contributed by atoms with E-state index in [4.69, 9.17) is 0 Å². The zero-order valence-electron chi connectivity index (χ0n) is 11.7. The number of carbonyl (C=O) groups excluding carboxylic acids is 1. The third-order valence-electron chi connectivity index (χ3n) is 3.09. The minimum atomic E-state index is -0.0850. The van der Waals surface area contributed by atoms with Crippen molar-refractivity contribution in [3.8, 4) is 5.75 Å². The molecule has 0 aliphatic heterocycles. The molecule has 2 aromatic carbocycles. The first-order chi connectivity index (χ1) is 10.2. The van der Waals surface area contributed by atoms with Crippen molar-refractivity contribution in [1.29, 1.82) is 0 Å². The van der Waals surface area contributed by atoms with Crippen molar-refractivity contribution in [2.45, 2.75) is 19.3 Å². The summed E-state index contributed by atoms with van der Waals surface area (Å²) in [5, 5.41) is 13.3. The smallest absolute Gasteiger partial charge is 0.228 e. The molecule has 0 aliphatic carbocycles. The van der Waals surface area contributed by atoms with Gasteiger partial charge in [-0.1, -0.05) is 40.2 Å². The third-order valence-corrected chi connectivity index (χ3v) is 3.65. The molecular weight excluding hydrogens is 330 g/mol. The molecule has 0 saturated carbocycles. The number of aryl methyl sites for hydroxylation is 1. The number of anilines is 1. The number of alkyl halides is 1. The molecule has 2 rings (SSSR count). The Balaban J connectivity index is 1.96. The lowest BCUT2D eigenvalue weighted by atomic mass is 10.1. The monoisotopic (exact) mass is 347 g/mol. The molecule has 2 aromatic rings. The highest BCUT2D eigenvalue weighted by molar-refractivity contribution is 9.09. The number of benzene rings is 2. The topological polar surface area (TPSA) is 49.3 Å². The van der Waals surface area contributed by atoms with Crippen LogP contribution in [-0.2, 0) is 17.6 Å². The Kier molecular flexibility index (Phi) is 5.81. The highest BCUT2D eigenvalue weighted by Gasteiger charge is 2.05. The van der Waals surface area contributed by atoms with Gasteiger partial charge in [-0.3, -0.25) is 4.79 Å². The van der Waals surface area contributed by atoms with E-state index >= 15 is 0 Å². The van der Waals surface area contributed by atoms with Crippen molar-refractivity contribution < 1.29 is 9.90 Å². The number of nitrogens with one attached hydrogen (secondary N) is 1. The first-order valence-electron chi connectivity index (χ1n) is 6.90. The largest absolute Gasteiger partial charge is 0.508 e. The molecule has 0 saturated heterocycles. The van der Waals surface area contributed by atoms with Gasteiger partial charge in [0.1, 0.15) is 5.75 Å². The number of amides is 1. The Labute approximate surface area is 133 Å². The number of rotatable bonds is 6. The van der Waals surface area contributed by atoms with E-state index in [1.54, 1.807) is 18.2 Å². The van der Waals surface area contributed by atoms with Crippen LogP contribution < -0.4 is 5.32 Å². The van der Waals surface area contributed by atoms with Crippen LogP contribution in [0.2, 0.25) is 0 Å². The van der Waals surface area contributed by atoms with Crippen LogP contribution in [-0.4, -0.2) is 16.3 Å². The van der Waals surface area contributed by atoms with Crippen molar-refractivity contribution >= 4 is 27.5 Å². The fraction of sp³-hybridized carbons (Fsp3) is 0.235. The number of aromatic hydroxyl groups is 1. The molecule has 3 nitrogen and oxygen atoms in total. The summed E-state index contributed by atoms with van der Waals surface area (Å²) in [5.74, 6) is 0.0929. The van der Waals surface area contributed by atoms with E-state index in [1.807, 2.05) is 24.3 Å². The van der Waals surface area contributed by atoms with Gasteiger partial charge < -0.3 is 10.4 Å². The quantitative estimate of drug-likeness (QED) is 0.778. The van der Waals surface area contributed by atoms with Crippen molar-refractivity contribution in [2.24, 2.45) is 0 Å². The molecule has 0 heterocycles. The van der Waals surface area contributed by atoms with E-state index < -0.39 is 0 Å². The fourth-order valence-corrected chi connectivity index (χ4v) is 2.41. The summed E-state index contributed by atoms with van der Waals surface area (Å²) in [5.41, 5.74) is 2.82. The summed E-state index contributed by atoms with van der Waals surface area (Å²) in [4.78, 5) is 12.0. The molecule has 4 heteroatoms. The lowest BCUT2D eigenvalue weighted by molar-refractivity contribution is -0.115. The molecule has 0 bridgehead atoms. The van der Waals surface area contributed by atoms with Gasteiger partial charge in [0.25, 0.3) is 0 Å². The maximum Gasteiger partial charge on any atom is 0.228 e. The summed E-state index contributed by atoms with van der Waals surface area (Å²) in [6, 6.07) is 14.7. The summed E-state index contributed by atoms with van der Waals surface area (Å²) >= 11 is 3.42. The lowest BCUT2D eigenvalue weighted by Gasteiger charge is -2.07. The number of hydrogen-bond donors (Lipinski definition) is 2. The SMILES string of the molecule is O=C(Cc1cccc(O)c1)Nc1cccc(CCCBr)c1. The van der Waals surface area contributed by atoms with Crippen molar-refractivity contribution in [3.63, 3.8) is 0 Å². The summed E-state index contributed by atoms with van der Waals surface area (Å²) in [6.07, 6.45) is 2.31. The zero-order valence-corrected chi connectivity index (χ0v) is 13.3. The summed E-state index contributed by atoms with van der Waals surface area (Å²) in [7, 11) is 0. The van der Waals surface area contributed by atoms with E-state index in [0.29, 0.717) is 0 Å². The third kappa shape index (κ3) is 5.23. The van der Waals surface area contributed by atoms with Gasteiger partial charge in [0.2, 0.25) is 5.91 Å². The molecule has 0 aliphatic rings. The highest BCUT2D eigenvalue weighted by atomic mass is 79.9. The van der Waals surface area contributed by atoms with E-state index in [1.165, 1.54) is 5.56 Å². The number of hydrogen-bond acceptors (Lipinski definition) is 2. The maximum absolute atomic E-state index is 12.0. The Bertz CT molecular complexity index is 613. The average Bonchev–Trinajstić information content (AvgIpc) is 2.45. The summed E-state index contributed by atoms with van der Waals surface area (Å²) < 4.78 is 0. The number of phenolic OH excluding ortho intramolecular Hbond substituents is 1. The van der Waals surface area contributed by atoms with Crippen LogP contribution in [0.15, 0.2) is 48.5 Å². The van der Waals surface area contributed by atoms with Crippen LogP contribution in [0.5, 0.6) is 5.75 Å². The van der Waals surface area contributed by atoms with Gasteiger partial charge in [-0.15, -0.1) is 0 Å². The van der Waals surface area contributed by atoms with E-state index in [-0.39, 0.29) is 18.1 Å². The first-order valence-corrected chi connectivity index (χ1v) is 8.02. The van der Waals surface area contributed by atoms with Crippen LogP contribution in [0.1, 0.15) is 17.5 Å². The van der Waals surface area contributed by atoms with E-state index in [0.717, 1.165) is 29.4 Å². The molecular formula is C17H18BrNO2. The van der Waals surface area contributed by atoms with Crippen LogP contribution in [0.4, 0.5) is 5.69 Å². The fourth-order valence-electron chi connectivity index (χ4n) is 2.13. The predicted molar refractivity (Wildman–Crippen MR) is 89.0 cm³/mol. The van der Waals surface area contributed by atoms with Crippen LogP contribution in [0.25, 0.3) is 0 Å². The van der Waals surface area contributed by atoms with Gasteiger partial charge in [0, 0.05) is 11.0 Å². The standard InChI is InChI=1S/C17H18BrNO2/c18-9-3-6-13-4-1-7-15(10-13)19-17(21)12-14-5-2-8-16(20)11-14/h1-2,4-5,7-8,10-11,20H,3,6,9,12H2,(H,19,21). The number of halogens is 1. The maximum atomic E-state index is 12.0. The lowest BCUT2D eigenvalue weighted by Crippen LogP contribution is -2.14. The molecule has 2 N–H and O–H groups in total. The first kappa shape index (κ1) is 15.6. The summed E-state index contributed by atoms with van der Waals surface area (Å²) in [6.45, 7) is 0. The Morgan fingerprint density at radius 1 is 1.10 bits per heavy atom. The zero-order chi connectivity index (χ0) is 15.1. The molecule has 0 aromatic heterocycles. The second-order valence-electron chi connectivity index (χ2n) is 4.89. The Hall–Kier alpha value is -1.81. The van der Waals surface area contributed by atoms with Crippen molar-refractivity contribution in [2.75, 3.05) is 10.6 Å². The minimum Gasteiger partial charge on any atom is -0.508 e. The molecule has 1 amide bonds. The van der Waals surface area contributed by atoms with E-state index in [9.17, 15) is 9.90 Å². The van der Waals surface area contributed by atoms with Gasteiger partial charge in [0.05, 0.1) is 6.42 Å². The van der Waals surface area contributed by atoms with Crippen LogP contribution >= 0.6 is 15.9 Å². The molecule has 0 atom stereocenters. The normalized spacial score (nSPS) is 10.3. The molecule has 0 spiro atoms. The van der Waals surface area contributed by atoms with Crippen LogP contribution in [0, 0.1) is 0 Å². The van der Waals surface area contributed by atoms with Gasteiger partial charge >= 0.3 is 0 Å². The van der Waals surface area contributed by atoms with Crippen molar-refractivity contribution in [3.05, 3.63) is 59.7 Å². The molecule has 21 heavy (non-hydrogen) atoms. The Morgan fingerprint density at radius 3 is 2.62 bits per heavy atom. The predicted octanol–water partition coefficient (Wildman–Crippen LogP) is 3.90. The molecule has 0 unspecified atom stereocenters. The Morgan fingerprint density at radius 2 is 1.86 bits per heavy atom. The second-order valence-corrected chi connectivity index (χ2v) is 5.68. The van der Waals surface area contributed by atoms with Gasteiger partial charge in [-0.05, 0) is 48.2 Å². The molecule has 0 radical (unpaired) electrons. The van der Waals surface area contributed by atoms with Gasteiger partial charge in [-0.25, -0.2) is 0 Å². The molecule has 110 valence electrons. The second kappa shape index (κ2) is 7.84. The average molecular weight is 348 g/mol. The van der Waals surface area contributed by atoms with E-state index in [2.05, 4.69) is 27.3 Å².